The number of ether oxygens (including phenoxy) is 1. The lowest BCUT2D eigenvalue weighted by Gasteiger charge is -2.25. The van der Waals surface area contributed by atoms with E-state index in [1.165, 1.54) is 18.2 Å². The van der Waals surface area contributed by atoms with E-state index in [-0.39, 0.29) is 18.6 Å². The van der Waals surface area contributed by atoms with E-state index in [9.17, 15) is 14.3 Å². The van der Waals surface area contributed by atoms with Crippen LogP contribution < -0.4 is 0 Å². The predicted octanol–water partition coefficient (Wildman–Crippen LogP) is 6.80. The third kappa shape index (κ3) is 7.07. The Morgan fingerprint density at radius 2 is 1.72 bits per heavy atom. The second-order valence-corrected chi connectivity index (χ2v) is 10.0. The molecule has 5 rings (SSSR count). The Morgan fingerprint density at radius 3 is 2.33 bits per heavy atom. The molecule has 2 aromatic carbocycles. The Labute approximate surface area is 219 Å². The smallest absolute Gasteiger partial charge is 0.307 e. The highest BCUT2D eigenvalue weighted by atomic mass is 35.5. The van der Waals surface area contributed by atoms with Gasteiger partial charge in [0.1, 0.15) is 17.3 Å². The first-order valence-electron chi connectivity index (χ1n) is 12.0. The highest BCUT2D eigenvalue weighted by Crippen LogP contribution is 2.46. The lowest BCUT2D eigenvalue weighted by atomic mass is 9.95. The van der Waals surface area contributed by atoms with E-state index >= 15 is 0 Å². The van der Waals surface area contributed by atoms with Gasteiger partial charge in [0.15, 0.2) is 0 Å². The van der Waals surface area contributed by atoms with Crippen LogP contribution in [0.1, 0.15) is 61.3 Å². The zero-order valence-electron chi connectivity index (χ0n) is 19.6. The minimum absolute atomic E-state index is 0.127. The molecule has 0 aliphatic heterocycles. The Hall–Kier alpha value is -2.45. The third-order valence-corrected chi connectivity index (χ3v) is 6.95. The van der Waals surface area contributed by atoms with Crippen LogP contribution in [-0.2, 0) is 22.6 Å². The van der Waals surface area contributed by atoms with Crippen molar-refractivity contribution in [2.24, 2.45) is 0 Å². The molecule has 2 fully saturated rings. The van der Waals surface area contributed by atoms with E-state index in [2.05, 4.69) is 5.16 Å². The lowest BCUT2D eigenvalue weighted by molar-refractivity contribution is -0.136. The summed E-state index contributed by atoms with van der Waals surface area (Å²) < 4.78 is 24.2. The molecular weight excluding hydrogens is 508 g/mol. The maximum absolute atomic E-state index is 12.4. The second-order valence-electron chi connectivity index (χ2n) is 9.19. The molecule has 0 radical (unpaired) electrons. The summed E-state index contributed by atoms with van der Waals surface area (Å²) in [5.41, 5.74) is 2.84. The van der Waals surface area contributed by atoms with Crippen LogP contribution in [0.4, 0.5) is 4.39 Å². The van der Waals surface area contributed by atoms with Crippen LogP contribution in [0.5, 0.6) is 0 Å². The van der Waals surface area contributed by atoms with E-state index in [1.54, 1.807) is 18.2 Å². The van der Waals surface area contributed by atoms with Crippen LogP contribution in [0.2, 0.25) is 10.0 Å². The fourth-order valence-electron chi connectivity index (χ4n) is 4.28. The van der Waals surface area contributed by atoms with E-state index in [0.29, 0.717) is 39.4 Å². The van der Waals surface area contributed by atoms with Gasteiger partial charge < -0.3 is 19.5 Å². The number of carboxylic acids is 1. The van der Waals surface area contributed by atoms with Crippen molar-refractivity contribution in [1.82, 2.24) is 5.16 Å². The summed E-state index contributed by atoms with van der Waals surface area (Å²) in [5, 5.41) is 23.4. The van der Waals surface area contributed by atoms with Crippen molar-refractivity contribution in [1.29, 1.82) is 0 Å². The molecule has 2 aliphatic carbocycles. The standard InChI is InChI=1S/C19H21Cl2NO3.C8H7FO2/c20-15-2-1-3-16(21)17(15)18-14(19(25-22-18)11-4-5-11)10-24-13-8-6-12(23)7-9-13;9-7-3-1-2-6(4-7)5-8(10)11/h1-3,11-13,23H,4-10H2;1-4H,5H2,(H,10,11). The fraction of sp³-hybridized carbons (Fsp3) is 0.407. The number of aromatic nitrogens is 1. The molecule has 0 unspecified atom stereocenters. The fourth-order valence-corrected chi connectivity index (χ4v) is 4.86. The number of hydrogen-bond acceptors (Lipinski definition) is 5. The van der Waals surface area contributed by atoms with Gasteiger partial charge in [0.2, 0.25) is 0 Å². The molecule has 2 aliphatic rings. The zero-order valence-corrected chi connectivity index (χ0v) is 21.1. The molecule has 0 bridgehead atoms. The van der Waals surface area contributed by atoms with Gasteiger partial charge in [0.05, 0.1) is 35.3 Å². The van der Waals surface area contributed by atoms with Gasteiger partial charge in [0, 0.05) is 17.0 Å². The van der Waals surface area contributed by atoms with E-state index < -0.39 is 11.8 Å². The van der Waals surface area contributed by atoms with Gasteiger partial charge in [-0.25, -0.2) is 4.39 Å². The van der Waals surface area contributed by atoms with E-state index in [4.69, 9.17) is 37.6 Å². The molecule has 6 nitrogen and oxygen atoms in total. The Morgan fingerprint density at radius 1 is 1.06 bits per heavy atom. The molecule has 0 atom stereocenters. The Balaban J connectivity index is 0.000000233. The van der Waals surface area contributed by atoms with Crippen LogP contribution >= 0.6 is 23.2 Å². The number of aliphatic carboxylic acids is 1. The summed E-state index contributed by atoms with van der Waals surface area (Å²) in [4.78, 5) is 10.2. The SMILES string of the molecule is O=C(O)Cc1cccc(F)c1.OC1CCC(OCc2c(-c3c(Cl)cccc3Cl)noc2C2CC2)CC1. The molecule has 3 aromatic rings. The van der Waals surface area contributed by atoms with Crippen molar-refractivity contribution in [2.45, 2.75) is 69.7 Å². The molecule has 2 saturated carbocycles. The quantitative estimate of drug-likeness (QED) is 0.345. The average Bonchev–Trinajstić information content (AvgIpc) is 3.59. The number of halogens is 3. The number of aliphatic hydroxyl groups excluding tert-OH is 1. The number of aliphatic hydroxyl groups is 1. The zero-order chi connectivity index (χ0) is 25.7. The second kappa shape index (κ2) is 12.2. The molecule has 1 aromatic heterocycles. The number of carbonyl (C=O) groups is 1. The largest absolute Gasteiger partial charge is 0.481 e. The minimum Gasteiger partial charge on any atom is -0.481 e. The van der Waals surface area contributed by atoms with E-state index in [1.807, 2.05) is 6.07 Å². The van der Waals surface area contributed by atoms with Crippen molar-refractivity contribution in [3.05, 3.63) is 75.2 Å². The molecule has 1 heterocycles. The molecule has 0 spiro atoms. The van der Waals surface area contributed by atoms with Crippen molar-refractivity contribution in [2.75, 3.05) is 0 Å². The monoisotopic (exact) mass is 535 g/mol. The van der Waals surface area contributed by atoms with E-state index in [0.717, 1.165) is 49.8 Å². The molecule has 192 valence electrons. The maximum atomic E-state index is 12.4. The van der Waals surface area contributed by atoms with Crippen LogP contribution in [0.25, 0.3) is 11.3 Å². The maximum Gasteiger partial charge on any atom is 0.307 e. The van der Waals surface area contributed by atoms with Crippen LogP contribution in [0.15, 0.2) is 47.0 Å². The van der Waals surface area contributed by atoms with Crippen molar-refractivity contribution >= 4 is 29.2 Å². The highest BCUT2D eigenvalue weighted by Gasteiger charge is 2.34. The molecule has 2 N–H and O–H groups in total. The number of benzene rings is 2. The van der Waals surface area contributed by atoms with Gasteiger partial charge in [-0.3, -0.25) is 4.79 Å². The summed E-state index contributed by atoms with van der Waals surface area (Å²) in [5.74, 6) is -0.0181. The van der Waals surface area contributed by atoms with Gasteiger partial charge in [-0.1, -0.05) is 46.6 Å². The summed E-state index contributed by atoms with van der Waals surface area (Å²) in [6.45, 7) is 0.437. The van der Waals surface area contributed by atoms with Crippen molar-refractivity contribution in [3.8, 4) is 11.3 Å². The van der Waals surface area contributed by atoms with Crippen LogP contribution in [-0.4, -0.2) is 33.5 Å². The predicted molar refractivity (Wildman–Crippen MR) is 135 cm³/mol. The molecule has 0 amide bonds. The number of carboxylic acid groups (broad SMARTS) is 1. The molecule has 9 heteroatoms. The Kier molecular flexibility index (Phi) is 9.01. The Bertz CT molecular complexity index is 1170. The minimum atomic E-state index is -0.949. The van der Waals surface area contributed by atoms with Gasteiger partial charge in [-0.2, -0.15) is 0 Å². The number of hydrogen-bond donors (Lipinski definition) is 2. The van der Waals surface area contributed by atoms with Crippen LogP contribution in [0, 0.1) is 5.82 Å². The van der Waals surface area contributed by atoms with Crippen molar-refractivity contribution < 1.29 is 28.7 Å². The molecule has 36 heavy (non-hydrogen) atoms. The van der Waals surface area contributed by atoms with Crippen LogP contribution in [0.3, 0.4) is 0 Å². The average molecular weight is 536 g/mol. The van der Waals surface area contributed by atoms with Gasteiger partial charge in [-0.05, 0) is 68.4 Å². The van der Waals surface area contributed by atoms with Gasteiger partial charge in [-0.15, -0.1) is 0 Å². The molecule has 0 saturated heterocycles. The van der Waals surface area contributed by atoms with Gasteiger partial charge >= 0.3 is 5.97 Å². The summed E-state index contributed by atoms with van der Waals surface area (Å²) in [6.07, 6.45) is 5.45. The first-order chi connectivity index (χ1) is 17.3. The first kappa shape index (κ1) is 26.6. The first-order valence-corrected chi connectivity index (χ1v) is 12.8. The number of rotatable bonds is 7. The normalized spacial score (nSPS) is 19.4. The third-order valence-electron chi connectivity index (χ3n) is 6.32. The van der Waals surface area contributed by atoms with Crippen molar-refractivity contribution in [3.63, 3.8) is 0 Å². The highest BCUT2D eigenvalue weighted by molar-refractivity contribution is 6.39. The summed E-state index contributed by atoms with van der Waals surface area (Å²) >= 11 is 12.7. The topological polar surface area (TPSA) is 92.8 Å². The van der Waals surface area contributed by atoms with Gasteiger partial charge in [0.25, 0.3) is 0 Å². The lowest BCUT2D eigenvalue weighted by Crippen LogP contribution is -2.24. The summed E-state index contributed by atoms with van der Waals surface area (Å²) in [6, 6.07) is 11.0. The molecular formula is C27H28Cl2FNO5. The number of nitrogens with zero attached hydrogens (tertiary/aromatic N) is 1. The summed E-state index contributed by atoms with van der Waals surface area (Å²) in [7, 11) is 0.